The Kier molecular flexibility index (Phi) is 14.6. The lowest BCUT2D eigenvalue weighted by Gasteiger charge is -2.28. The van der Waals surface area contributed by atoms with E-state index in [4.69, 9.17) is 0 Å². The molecule has 13 nitrogen and oxygen atoms in total. The first-order valence-electron chi connectivity index (χ1n) is 15.2. The fraction of sp³-hybridized carbons (Fsp3) is 0.548. The molecule has 0 heterocycles. The van der Waals surface area contributed by atoms with Crippen LogP contribution < -0.4 is 10.1 Å². The molecule has 0 saturated carbocycles. The first-order chi connectivity index (χ1) is 21.4. The van der Waals surface area contributed by atoms with E-state index >= 15 is 0 Å². The summed E-state index contributed by atoms with van der Waals surface area (Å²) in [5, 5.41) is 25.0. The number of aromatic hydroxyl groups is 1. The number of benzene rings is 2. The van der Waals surface area contributed by atoms with Gasteiger partial charge in [0.05, 0.1) is 22.8 Å². The second-order valence-corrected chi connectivity index (χ2v) is 15.9. The molecular formula is C31H49N5O8S2. The number of phenols is 1. The first kappa shape index (κ1) is 39.1. The van der Waals surface area contributed by atoms with E-state index in [1.54, 1.807) is 30.9 Å². The first-order valence-corrected chi connectivity index (χ1v) is 18.3. The SMILES string of the molecule is CCCN(CCC)C(=O)c1cc(C(=O)NC(Cc2ccc(O)cc2)C(O)CN(C)NS(=O)(=O)CC(C)C)cc(S(=O)(=O)N(C)C)c1. The second kappa shape index (κ2) is 17.2. The maximum Gasteiger partial charge on any atom is 0.253 e. The van der Waals surface area contributed by atoms with Crippen LogP contribution in [0.25, 0.3) is 0 Å². The minimum Gasteiger partial charge on any atom is -0.508 e. The molecule has 2 unspecified atom stereocenters. The highest BCUT2D eigenvalue weighted by molar-refractivity contribution is 7.89. The molecule has 2 aromatic carbocycles. The van der Waals surface area contributed by atoms with Crippen molar-refractivity contribution in [2.75, 3.05) is 46.5 Å². The number of hydrogen-bond donors (Lipinski definition) is 4. The van der Waals surface area contributed by atoms with Gasteiger partial charge in [-0.3, -0.25) is 9.59 Å². The molecule has 258 valence electrons. The van der Waals surface area contributed by atoms with Crippen LogP contribution in [0.4, 0.5) is 0 Å². The van der Waals surface area contributed by atoms with Crippen LogP contribution in [0.15, 0.2) is 47.4 Å². The number of rotatable bonds is 18. The van der Waals surface area contributed by atoms with Crippen molar-refractivity contribution in [2.24, 2.45) is 5.92 Å². The smallest absolute Gasteiger partial charge is 0.253 e. The van der Waals surface area contributed by atoms with Crippen molar-refractivity contribution < 1.29 is 36.6 Å². The molecule has 0 aromatic heterocycles. The summed E-state index contributed by atoms with van der Waals surface area (Å²) >= 11 is 0. The third-order valence-electron chi connectivity index (χ3n) is 6.95. The number of amides is 2. The number of carbonyl (C=O) groups excluding carboxylic acids is 2. The number of hydrazine groups is 1. The molecule has 2 aromatic rings. The molecule has 2 rings (SSSR count). The van der Waals surface area contributed by atoms with Crippen molar-refractivity contribution in [3.05, 3.63) is 59.2 Å². The van der Waals surface area contributed by atoms with Gasteiger partial charge >= 0.3 is 0 Å². The van der Waals surface area contributed by atoms with Gasteiger partial charge in [0.25, 0.3) is 11.8 Å². The molecule has 2 amide bonds. The minimum absolute atomic E-state index is 0.0282. The summed E-state index contributed by atoms with van der Waals surface area (Å²) < 4.78 is 52.2. The molecule has 4 N–H and O–H groups in total. The van der Waals surface area contributed by atoms with Crippen LogP contribution in [0, 0.1) is 5.92 Å². The van der Waals surface area contributed by atoms with Gasteiger partial charge in [-0.2, -0.15) is 0 Å². The van der Waals surface area contributed by atoms with E-state index < -0.39 is 44.0 Å². The van der Waals surface area contributed by atoms with E-state index in [1.807, 2.05) is 13.8 Å². The van der Waals surface area contributed by atoms with E-state index in [-0.39, 0.29) is 46.4 Å². The van der Waals surface area contributed by atoms with E-state index in [0.29, 0.717) is 31.5 Å². The number of nitrogens with zero attached hydrogens (tertiary/aromatic N) is 3. The van der Waals surface area contributed by atoms with Crippen molar-refractivity contribution in [2.45, 2.75) is 64.0 Å². The molecule has 46 heavy (non-hydrogen) atoms. The molecule has 0 aliphatic rings. The molecule has 0 radical (unpaired) electrons. The molecule has 0 saturated heterocycles. The number of likely N-dealkylation sites (N-methyl/N-ethyl adjacent to an activating group) is 1. The molecule has 0 aliphatic carbocycles. The fourth-order valence-corrected chi connectivity index (χ4v) is 7.31. The highest BCUT2D eigenvalue weighted by Crippen LogP contribution is 2.21. The molecule has 0 spiro atoms. The van der Waals surface area contributed by atoms with Crippen LogP contribution in [0.5, 0.6) is 5.75 Å². The van der Waals surface area contributed by atoms with Gasteiger partial charge in [-0.15, -0.1) is 4.83 Å². The Morgan fingerprint density at radius 2 is 1.46 bits per heavy atom. The standard InChI is InChI=1S/C31H49N5O8S2/c1-8-14-36(15-9-2)31(40)25-17-24(18-27(19-25)46(43,44)34(5)6)30(39)32-28(16-23-10-12-26(37)13-11-23)29(38)20-35(7)33-45(41,42)21-22(3)4/h10-13,17-19,22,28-29,33,37-38H,8-9,14-16,20-21H2,1-7H3,(H,32,39). The summed E-state index contributed by atoms with van der Waals surface area (Å²) in [7, 11) is -3.58. The normalized spacial score (nSPS) is 13.6. The molecule has 0 aliphatic heterocycles. The lowest BCUT2D eigenvalue weighted by molar-refractivity contribution is 0.0687. The summed E-state index contributed by atoms with van der Waals surface area (Å²) in [6.45, 7) is 8.08. The van der Waals surface area contributed by atoms with Gasteiger partial charge < -0.3 is 20.4 Å². The number of sulfonamides is 2. The number of nitrogens with one attached hydrogen (secondary N) is 2. The van der Waals surface area contributed by atoms with Crippen LogP contribution >= 0.6 is 0 Å². The van der Waals surface area contributed by atoms with Crippen LogP contribution in [0.1, 0.15) is 66.8 Å². The third-order valence-corrected chi connectivity index (χ3v) is 10.4. The maximum atomic E-state index is 13.8. The highest BCUT2D eigenvalue weighted by Gasteiger charge is 2.28. The van der Waals surface area contributed by atoms with Crippen molar-refractivity contribution in [1.29, 1.82) is 0 Å². The van der Waals surface area contributed by atoms with Gasteiger partial charge in [0.1, 0.15) is 5.75 Å². The van der Waals surface area contributed by atoms with E-state index in [2.05, 4.69) is 10.1 Å². The Labute approximate surface area is 273 Å². The van der Waals surface area contributed by atoms with E-state index in [0.717, 1.165) is 4.31 Å². The van der Waals surface area contributed by atoms with Gasteiger partial charge in [0.2, 0.25) is 20.0 Å². The summed E-state index contributed by atoms with van der Waals surface area (Å²) in [4.78, 5) is 31.0. The van der Waals surface area contributed by atoms with Gasteiger partial charge in [-0.05, 0) is 61.1 Å². The van der Waals surface area contributed by atoms with Crippen molar-refractivity contribution in [1.82, 2.24) is 24.4 Å². The number of phenolic OH excluding ortho intramolecular Hbond substituents is 1. The van der Waals surface area contributed by atoms with Gasteiger partial charge in [0.15, 0.2) is 0 Å². The predicted molar refractivity (Wildman–Crippen MR) is 177 cm³/mol. The Hall–Kier alpha value is -3.08. The molecule has 2 atom stereocenters. The monoisotopic (exact) mass is 683 g/mol. The quantitative estimate of drug-likeness (QED) is 0.171. The van der Waals surface area contributed by atoms with Crippen molar-refractivity contribution in [3.8, 4) is 5.75 Å². The Bertz CT molecular complexity index is 1520. The third kappa shape index (κ3) is 11.6. The minimum atomic E-state index is -4.04. The number of aliphatic hydroxyl groups excluding tert-OH is 1. The second-order valence-electron chi connectivity index (χ2n) is 12.0. The molecule has 15 heteroatoms. The van der Waals surface area contributed by atoms with Crippen molar-refractivity contribution in [3.63, 3.8) is 0 Å². The summed E-state index contributed by atoms with van der Waals surface area (Å²) in [5.41, 5.74) is 0.581. The number of aliphatic hydroxyl groups is 1. The number of carbonyl (C=O) groups is 2. The molecular weight excluding hydrogens is 635 g/mol. The van der Waals surface area contributed by atoms with Crippen LogP contribution in [-0.4, -0.2) is 112 Å². The average molecular weight is 684 g/mol. The maximum absolute atomic E-state index is 13.8. The highest BCUT2D eigenvalue weighted by atomic mass is 32.2. The zero-order valence-corrected chi connectivity index (χ0v) is 29.4. The van der Waals surface area contributed by atoms with E-state index in [9.17, 15) is 36.6 Å². The fourth-order valence-electron chi connectivity index (χ4n) is 4.83. The topological polar surface area (TPSA) is 177 Å². The Morgan fingerprint density at radius 3 is 1.98 bits per heavy atom. The van der Waals surface area contributed by atoms with Crippen LogP contribution in [0.3, 0.4) is 0 Å². The Balaban J connectivity index is 2.51. The van der Waals surface area contributed by atoms with Gasteiger partial charge in [-0.1, -0.05) is 39.8 Å². The predicted octanol–water partition coefficient (Wildman–Crippen LogP) is 2.03. The Morgan fingerprint density at radius 1 is 0.891 bits per heavy atom. The molecule has 0 fully saturated rings. The van der Waals surface area contributed by atoms with Gasteiger partial charge in [0, 0.05) is 51.9 Å². The summed E-state index contributed by atoms with van der Waals surface area (Å²) in [6.07, 6.45) is 0.160. The lowest BCUT2D eigenvalue weighted by Crippen LogP contribution is -2.52. The van der Waals surface area contributed by atoms with Crippen molar-refractivity contribution >= 4 is 31.9 Å². The largest absolute Gasteiger partial charge is 0.508 e. The average Bonchev–Trinajstić information content (AvgIpc) is 2.95. The zero-order chi connectivity index (χ0) is 34.8. The number of hydrogen-bond acceptors (Lipinski definition) is 9. The summed E-state index contributed by atoms with van der Waals surface area (Å²) in [5.74, 6) is -1.38. The summed E-state index contributed by atoms with van der Waals surface area (Å²) in [6, 6.07) is 8.94. The van der Waals surface area contributed by atoms with E-state index in [1.165, 1.54) is 56.5 Å². The van der Waals surface area contributed by atoms with Gasteiger partial charge in [-0.25, -0.2) is 26.1 Å². The van der Waals surface area contributed by atoms with Crippen LogP contribution in [-0.2, 0) is 26.5 Å². The van der Waals surface area contributed by atoms with Crippen LogP contribution in [0.2, 0.25) is 0 Å². The lowest BCUT2D eigenvalue weighted by atomic mass is 10.00. The molecule has 0 bridgehead atoms. The zero-order valence-electron chi connectivity index (χ0n) is 27.7.